The van der Waals surface area contributed by atoms with Crippen LogP contribution < -0.4 is 10.1 Å². The van der Waals surface area contributed by atoms with Gasteiger partial charge in [-0.05, 0) is 43.7 Å². The Hall–Kier alpha value is -1.58. The van der Waals surface area contributed by atoms with E-state index in [1.54, 1.807) is 25.1 Å². The fourth-order valence-corrected chi connectivity index (χ4v) is 2.10. The van der Waals surface area contributed by atoms with E-state index in [4.69, 9.17) is 16.3 Å². The summed E-state index contributed by atoms with van der Waals surface area (Å²) in [5, 5.41) is 3.91. The first kappa shape index (κ1) is 15.8. The quantitative estimate of drug-likeness (QED) is 0.751. The van der Waals surface area contributed by atoms with Gasteiger partial charge in [0.05, 0.1) is 0 Å². The van der Waals surface area contributed by atoms with Crippen LogP contribution in [0, 0.1) is 12.7 Å². The first-order valence-electron chi connectivity index (χ1n) is 7.03. The van der Waals surface area contributed by atoms with Crippen molar-refractivity contribution in [3.05, 3.63) is 58.4 Å². The first-order valence-corrected chi connectivity index (χ1v) is 7.41. The standard InChI is InChI=1S/C17H19ClFNO/c1-3-8-20-11-13-5-6-14(18)9-17(13)21-15-7-4-12(2)16(19)10-15/h4-7,9-10,20H,3,8,11H2,1-2H3. The normalized spacial score (nSPS) is 10.7. The zero-order valence-electron chi connectivity index (χ0n) is 12.2. The Labute approximate surface area is 129 Å². The molecule has 0 bridgehead atoms. The van der Waals surface area contributed by atoms with Gasteiger partial charge in [-0.1, -0.05) is 30.7 Å². The molecule has 0 amide bonds. The Balaban J connectivity index is 2.20. The first-order chi connectivity index (χ1) is 10.1. The van der Waals surface area contributed by atoms with E-state index >= 15 is 0 Å². The predicted molar refractivity (Wildman–Crippen MR) is 84.7 cm³/mol. The van der Waals surface area contributed by atoms with E-state index in [0.717, 1.165) is 18.5 Å². The average molecular weight is 308 g/mol. The Morgan fingerprint density at radius 1 is 1.19 bits per heavy atom. The molecule has 0 heterocycles. The molecule has 0 radical (unpaired) electrons. The zero-order valence-corrected chi connectivity index (χ0v) is 13.0. The topological polar surface area (TPSA) is 21.3 Å². The molecule has 2 rings (SSSR count). The zero-order chi connectivity index (χ0) is 15.2. The van der Waals surface area contributed by atoms with Crippen molar-refractivity contribution in [2.75, 3.05) is 6.54 Å². The summed E-state index contributed by atoms with van der Waals surface area (Å²) in [6.07, 6.45) is 1.06. The predicted octanol–water partition coefficient (Wildman–Crippen LogP) is 5.08. The van der Waals surface area contributed by atoms with Crippen LogP contribution in [-0.4, -0.2) is 6.54 Å². The maximum absolute atomic E-state index is 13.6. The SMILES string of the molecule is CCCNCc1ccc(Cl)cc1Oc1ccc(C)c(F)c1. The molecule has 0 atom stereocenters. The third kappa shape index (κ3) is 4.45. The van der Waals surface area contributed by atoms with Gasteiger partial charge in [0.2, 0.25) is 0 Å². The van der Waals surface area contributed by atoms with Gasteiger partial charge in [0.25, 0.3) is 0 Å². The monoisotopic (exact) mass is 307 g/mol. The van der Waals surface area contributed by atoms with E-state index < -0.39 is 0 Å². The summed E-state index contributed by atoms with van der Waals surface area (Å²) in [4.78, 5) is 0. The Kier molecular flexibility index (Phi) is 5.59. The molecule has 0 fully saturated rings. The molecule has 0 aliphatic heterocycles. The van der Waals surface area contributed by atoms with Gasteiger partial charge in [0, 0.05) is 23.2 Å². The summed E-state index contributed by atoms with van der Waals surface area (Å²) in [7, 11) is 0. The van der Waals surface area contributed by atoms with Crippen LogP contribution in [0.5, 0.6) is 11.5 Å². The van der Waals surface area contributed by atoms with E-state index in [0.29, 0.717) is 28.6 Å². The van der Waals surface area contributed by atoms with Crippen LogP contribution in [0.2, 0.25) is 5.02 Å². The average Bonchev–Trinajstić information content (AvgIpc) is 2.45. The van der Waals surface area contributed by atoms with Crippen LogP contribution in [-0.2, 0) is 6.54 Å². The molecule has 0 saturated carbocycles. The van der Waals surface area contributed by atoms with Crippen molar-refractivity contribution in [3.63, 3.8) is 0 Å². The molecule has 2 nitrogen and oxygen atoms in total. The van der Waals surface area contributed by atoms with E-state index in [1.165, 1.54) is 6.07 Å². The summed E-state index contributed by atoms with van der Waals surface area (Å²) >= 11 is 6.03. The smallest absolute Gasteiger partial charge is 0.133 e. The van der Waals surface area contributed by atoms with Crippen molar-refractivity contribution in [1.82, 2.24) is 5.32 Å². The maximum Gasteiger partial charge on any atom is 0.133 e. The van der Waals surface area contributed by atoms with Gasteiger partial charge >= 0.3 is 0 Å². The number of hydrogen-bond donors (Lipinski definition) is 1. The van der Waals surface area contributed by atoms with Crippen molar-refractivity contribution in [1.29, 1.82) is 0 Å². The lowest BCUT2D eigenvalue weighted by Gasteiger charge is -2.13. The Morgan fingerprint density at radius 2 is 2.00 bits per heavy atom. The number of aryl methyl sites for hydroxylation is 1. The molecule has 21 heavy (non-hydrogen) atoms. The number of halogens is 2. The Bertz CT molecular complexity index is 616. The second-order valence-electron chi connectivity index (χ2n) is 4.94. The lowest BCUT2D eigenvalue weighted by molar-refractivity contribution is 0.467. The van der Waals surface area contributed by atoms with Crippen LogP contribution in [0.3, 0.4) is 0 Å². The van der Waals surface area contributed by atoms with Crippen molar-refractivity contribution >= 4 is 11.6 Å². The van der Waals surface area contributed by atoms with Crippen LogP contribution in [0.15, 0.2) is 36.4 Å². The Morgan fingerprint density at radius 3 is 2.71 bits per heavy atom. The van der Waals surface area contributed by atoms with Crippen molar-refractivity contribution in [2.45, 2.75) is 26.8 Å². The van der Waals surface area contributed by atoms with Crippen LogP contribution >= 0.6 is 11.6 Å². The van der Waals surface area contributed by atoms with Crippen LogP contribution in [0.1, 0.15) is 24.5 Å². The molecular formula is C17H19ClFNO. The molecule has 0 aliphatic carbocycles. The minimum absolute atomic E-state index is 0.278. The van der Waals surface area contributed by atoms with Crippen molar-refractivity contribution in [3.8, 4) is 11.5 Å². The molecule has 0 saturated heterocycles. The molecular weight excluding hydrogens is 289 g/mol. The van der Waals surface area contributed by atoms with Gasteiger partial charge in [0.1, 0.15) is 17.3 Å². The van der Waals surface area contributed by atoms with Crippen LogP contribution in [0.25, 0.3) is 0 Å². The van der Waals surface area contributed by atoms with Gasteiger partial charge < -0.3 is 10.1 Å². The van der Waals surface area contributed by atoms with Crippen molar-refractivity contribution in [2.24, 2.45) is 0 Å². The molecule has 4 heteroatoms. The summed E-state index contributed by atoms with van der Waals surface area (Å²) in [6, 6.07) is 10.3. The summed E-state index contributed by atoms with van der Waals surface area (Å²) in [6.45, 7) is 5.45. The fourth-order valence-electron chi connectivity index (χ4n) is 1.93. The number of nitrogens with one attached hydrogen (secondary N) is 1. The van der Waals surface area contributed by atoms with E-state index in [2.05, 4.69) is 12.2 Å². The van der Waals surface area contributed by atoms with E-state index in [-0.39, 0.29) is 5.82 Å². The van der Waals surface area contributed by atoms with Gasteiger partial charge in [-0.2, -0.15) is 0 Å². The van der Waals surface area contributed by atoms with Gasteiger partial charge in [-0.3, -0.25) is 0 Å². The summed E-state index contributed by atoms with van der Waals surface area (Å²) in [5.74, 6) is 0.839. The minimum atomic E-state index is -0.278. The number of ether oxygens (including phenoxy) is 1. The molecule has 0 spiro atoms. The molecule has 0 unspecified atom stereocenters. The minimum Gasteiger partial charge on any atom is -0.457 e. The maximum atomic E-state index is 13.6. The second-order valence-corrected chi connectivity index (χ2v) is 5.38. The van der Waals surface area contributed by atoms with E-state index in [9.17, 15) is 4.39 Å². The highest BCUT2D eigenvalue weighted by Crippen LogP contribution is 2.29. The second kappa shape index (κ2) is 7.43. The lowest BCUT2D eigenvalue weighted by Crippen LogP contribution is -2.14. The highest BCUT2D eigenvalue weighted by Gasteiger charge is 2.07. The van der Waals surface area contributed by atoms with Gasteiger partial charge in [-0.25, -0.2) is 4.39 Å². The number of hydrogen-bond acceptors (Lipinski definition) is 2. The van der Waals surface area contributed by atoms with Gasteiger partial charge in [0.15, 0.2) is 0 Å². The summed E-state index contributed by atoms with van der Waals surface area (Å²) in [5.41, 5.74) is 1.59. The fraction of sp³-hybridized carbons (Fsp3) is 0.294. The highest BCUT2D eigenvalue weighted by atomic mass is 35.5. The lowest BCUT2D eigenvalue weighted by atomic mass is 10.2. The largest absolute Gasteiger partial charge is 0.457 e. The molecule has 0 aliphatic rings. The molecule has 2 aromatic rings. The molecule has 112 valence electrons. The summed E-state index contributed by atoms with van der Waals surface area (Å²) < 4.78 is 19.4. The molecule has 1 N–H and O–H groups in total. The molecule has 0 aromatic heterocycles. The number of rotatable bonds is 6. The highest BCUT2D eigenvalue weighted by molar-refractivity contribution is 6.30. The third-order valence-electron chi connectivity index (χ3n) is 3.14. The van der Waals surface area contributed by atoms with Crippen LogP contribution in [0.4, 0.5) is 4.39 Å². The third-order valence-corrected chi connectivity index (χ3v) is 3.38. The van der Waals surface area contributed by atoms with Gasteiger partial charge in [-0.15, -0.1) is 0 Å². The van der Waals surface area contributed by atoms with E-state index in [1.807, 2.05) is 12.1 Å². The molecule has 2 aromatic carbocycles. The number of benzene rings is 2. The van der Waals surface area contributed by atoms with Crippen molar-refractivity contribution < 1.29 is 9.13 Å².